The zero-order valence-electron chi connectivity index (χ0n) is 22.6. The molecular formula is C33H33AsCl2N2O2. The van der Waals surface area contributed by atoms with Crippen LogP contribution in [0.1, 0.15) is 49.1 Å². The zero-order chi connectivity index (χ0) is 27.9. The van der Waals surface area contributed by atoms with Crippen LogP contribution in [0.3, 0.4) is 0 Å². The van der Waals surface area contributed by atoms with Crippen molar-refractivity contribution in [2.45, 2.75) is 43.7 Å². The molecule has 7 heteroatoms. The second-order valence-electron chi connectivity index (χ2n) is 10.2. The maximum atomic E-state index is 11.6. The van der Waals surface area contributed by atoms with Gasteiger partial charge in [0.2, 0.25) is 0 Å². The fourth-order valence-corrected chi connectivity index (χ4v) is 7.47. The van der Waals surface area contributed by atoms with Crippen LogP contribution in [0, 0.1) is 5.92 Å². The first-order valence-corrected chi connectivity index (χ1v) is 17.0. The summed E-state index contributed by atoms with van der Waals surface area (Å²) < 4.78 is 8.13. The third kappa shape index (κ3) is 7.49. The van der Waals surface area contributed by atoms with Crippen LogP contribution in [0.2, 0.25) is 15.3 Å². The summed E-state index contributed by atoms with van der Waals surface area (Å²) in [5.41, 5.74) is 5.08. The summed E-state index contributed by atoms with van der Waals surface area (Å²) in [6, 6.07) is 22.6. The van der Waals surface area contributed by atoms with Crippen LogP contribution in [0.25, 0.3) is 23.0 Å². The van der Waals surface area contributed by atoms with Gasteiger partial charge in [-0.15, -0.1) is 0 Å². The SMILES string of the molecule is COC(=O)C[AsH]c1ccc(-n2cc(-c3ccc(Cl)cc3Cl)nc2Cc2ccc(/C=C/C3CCCCC3)cc2)cc1. The average Bonchev–Trinajstić information content (AvgIpc) is 3.39. The van der Waals surface area contributed by atoms with E-state index in [0.29, 0.717) is 27.6 Å². The third-order valence-electron chi connectivity index (χ3n) is 7.35. The molecular weight excluding hydrogens is 602 g/mol. The number of hydrogen-bond donors (Lipinski definition) is 0. The van der Waals surface area contributed by atoms with E-state index in [1.54, 1.807) is 6.07 Å². The summed E-state index contributed by atoms with van der Waals surface area (Å²) in [5, 5.41) is 1.65. The number of rotatable bonds is 9. The van der Waals surface area contributed by atoms with Gasteiger partial charge in [-0.3, -0.25) is 0 Å². The van der Waals surface area contributed by atoms with Gasteiger partial charge in [-0.05, 0) is 18.8 Å². The number of hydrogen-bond acceptors (Lipinski definition) is 3. The molecule has 40 heavy (non-hydrogen) atoms. The summed E-state index contributed by atoms with van der Waals surface area (Å²) in [4.78, 5) is 16.6. The quantitative estimate of drug-likeness (QED) is 0.140. The van der Waals surface area contributed by atoms with Crippen LogP contribution in [0.15, 0.2) is 79.0 Å². The van der Waals surface area contributed by atoms with Gasteiger partial charge in [0.05, 0.1) is 0 Å². The van der Waals surface area contributed by atoms with Crippen molar-refractivity contribution >= 4 is 55.4 Å². The molecule has 3 aromatic carbocycles. The van der Waals surface area contributed by atoms with Gasteiger partial charge in [0, 0.05) is 0 Å². The molecule has 1 atom stereocenters. The van der Waals surface area contributed by atoms with E-state index in [2.05, 4.69) is 65.3 Å². The van der Waals surface area contributed by atoms with Crippen molar-refractivity contribution in [1.82, 2.24) is 9.55 Å². The number of allylic oxidation sites excluding steroid dienone is 1. The van der Waals surface area contributed by atoms with Crippen LogP contribution in [0.4, 0.5) is 0 Å². The standard InChI is InChI=1S/C33H33AsCl2N2O2/c1-40-33(39)21-34-26-13-16-28(17-14-26)38-22-31(29-18-15-27(35)20-30(29)36)37-32(38)19-25-11-9-24(10-12-25)8-7-23-5-3-2-4-6-23/h7-18,20,22-23,34H,2-6,19,21H2,1H3/b8-7+. The molecule has 0 N–H and O–H groups in total. The molecule has 206 valence electrons. The van der Waals surface area contributed by atoms with E-state index in [1.807, 2.05) is 18.3 Å². The van der Waals surface area contributed by atoms with Gasteiger partial charge in [0.15, 0.2) is 0 Å². The van der Waals surface area contributed by atoms with Crippen LogP contribution < -0.4 is 4.35 Å². The number of esters is 1. The Balaban J connectivity index is 1.40. The topological polar surface area (TPSA) is 44.1 Å². The van der Waals surface area contributed by atoms with E-state index >= 15 is 0 Å². The molecule has 0 amide bonds. The zero-order valence-corrected chi connectivity index (χ0v) is 26.2. The number of ether oxygens (including phenoxy) is 1. The molecule has 1 aliphatic rings. The number of carbonyl (C=O) groups is 1. The molecule has 0 spiro atoms. The number of imidazole rings is 1. The van der Waals surface area contributed by atoms with Crippen molar-refractivity contribution in [3.05, 3.63) is 106 Å². The molecule has 1 aliphatic carbocycles. The number of aromatic nitrogens is 2. The normalized spacial score (nSPS) is 14.4. The molecule has 5 rings (SSSR count). The molecule has 0 bridgehead atoms. The number of nitrogens with zero attached hydrogens (tertiary/aromatic N) is 2. The fraction of sp³-hybridized carbons (Fsp3) is 0.273. The molecule has 0 radical (unpaired) electrons. The Morgan fingerprint density at radius 2 is 1.77 bits per heavy atom. The summed E-state index contributed by atoms with van der Waals surface area (Å²) >= 11 is 12.1. The summed E-state index contributed by atoms with van der Waals surface area (Å²) in [5.74, 6) is 1.49. The Hall–Kier alpha value is -2.78. The monoisotopic (exact) mass is 634 g/mol. The average molecular weight is 635 g/mol. The van der Waals surface area contributed by atoms with Gasteiger partial charge in [-0.1, -0.05) is 25.3 Å². The molecule has 1 heterocycles. The van der Waals surface area contributed by atoms with Crippen LogP contribution in [0.5, 0.6) is 0 Å². The molecule has 4 aromatic rings. The Labute approximate surface area is 253 Å². The van der Waals surface area contributed by atoms with Crippen molar-refractivity contribution in [1.29, 1.82) is 0 Å². The van der Waals surface area contributed by atoms with Crippen molar-refractivity contribution in [3.8, 4) is 16.9 Å². The van der Waals surface area contributed by atoms with Crippen molar-refractivity contribution in [3.63, 3.8) is 0 Å². The van der Waals surface area contributed by atoms with E-state index in [4.69, 9.17) is 32.9 Å². The molecule has 1 unspecified atom stereocenters. The van der Waals surface area contributed by atoms with Gasteiger partial charge in [-0.25, -0.2) is 0 Å². The molecule has 1 saturated carbocycles. The maximum absolute atomic E-state index is 11.6. The van der Waals surface area contributed by atoms with E-state index in [9.17, 15) is 4.79 Å². The molecule has 0 aliphatic heterocycles. The van der Waals surface area contributed by atoms with E-state index < -0.39 is 15.8 Å². The number of methoxy groups -OCH3 is 1. The van der Waals surface area contributed by atoms with Gasteiger partial charge < -0.3 is 0 Å². The molecule has 4 nitrogen and oxygen atoms in total. The van der Waals surface area contributed by atoms with Crippen molar-refractivity contribution in [2.24, 2.45) is 5.92 Å². The first-order chi connectivity index (χ1) is 19.5. The first kappa shape index (κ1) is 28.7. The van der Waals surface area contributed by atoms with Gasteiger partial charge in [0.25, 0.3) is 0 Å². The molecule has 1 fully saturated rings. The predicted molar refractivity (Wildman–Crippen MR) is 167 cm³/mol. The van der Waals surface area contributed by atoms with E-state index in [0.717, 1.165) is 22.8 Å². The fourth-order valence-electron chi connectivity index (χ4n) is 5.08. The molecule has 0 saturated heterocycles. The summed E-state index contributed by atoms with van der Waals surface area (Å²) in [6.45, 7) is 0. The Morgan fingerprint density at radius 1 is 1.02 bits per heavy atom. The number of benzene rings is 3. The van der Waals surface area contributed by atoms with Crippen LogP contribution >= 0.6 is 23.2 Å². The Bertz CT molecular complexity index is 1470. The minimum absolute atomic E-state index is 0.152. The van der Waals surface area contributed by atoms with Gasteiger partial charge in [0.1, 0.15) is 0 Å². The third-order valence-corrected chi connectivity index (χ3v) is 10.4. The van der Waals surface area contributed by atoms with Gasteiger partial charge >= 0.3 is 210 Å². The van der Waals surface area contributed by atoms with Crippen molar-refractivity contribution in [2.75, 3.05) is 7.11 Å². The van der Waals surface area contributed by atoms with Crippen LogP contribution in [-0.4, -0.2) is 38.4 Å². The second kappa shape index (κ2) is 13.7. The van der Waals surface area contributed by atoms with E-state index in [-0.39, 0.29) is 5.97 Å². The predicted octanol–water partition coefficient (Wildman–Crippen LogP) is 7.68. The van der Waals surface area contributed by atoms with Crippen LogP contribution in [-0.2, 0) is 16.0 Å². The molecule has 1 aromatic heterocycles. The van der Waals surface area contributed by atoms with E-state index in [1.165, 1.54) is 54.7 Å². The minimum atomic E-state index is -0.583. The summed E-state index contributed by atoms with van der Waals surface area (Å²) in [6.07, 6.45) is 14.1. The number of halogens is 2. The Morgan fingerprint density at radius 3 is 2.48 bits per heavy atom. The number of carbonyl (C=O) groups excluding carboxylic acids is 1. The second-order valence-corrected chi connectivity index (χ2v) is 13.7. The first-order valence-electron chi connectivity index (χ1n) is 13.7. The van der Waals surface area contributed by atoms with Gasteiger partial charge in [-0.2, -0.15) is 0 Å². The Kier molecular flexibility index (Phi) is 9.86. The van der Waals surface area contributed by atoms with Crippen molar-refractivity contribution < 1.29 is 9.53 Å². The summed E-state index contributed by atoms with van der Waals surface area (Å²) in [7, 11) is 1.43.